The average molecular weight is 941 g/mol. The normalized spacial score (nSPS) is 53.2. The van der Waals surface area contributed by atoms with E-state index < -0.39 is 128 Å². The van der Waals surface area contributed by atoms with Crippen LogP contribution in [0.1, 0.15) is 120 Å². The molecule has 18 nitrogen and oxygen atoms in total. The molecule has 0 bridgehead atoms. The van der Waals surface area contributed by atoms with Crippen molar-refractivity contribution >= 4 is 11.9 Å². The van der Waals surface area contributed by atoms with E-state index in [-0.39, 0.29) is 39.4 Å². The van der Waals surface area contributed by atoms with Crippen molar-refractivity contribution in [3.8, 4) is 0 Å². The van der Waals surface area contributed by atoms with Crippen LogP contribution >= 0.6 is 0 Å². The summed E-state index contributed by atoms with van der Waals surface area (Å²) >= 11 is 0. The van der Waals surface area contributed by atoms with Gasteiger partial charge >= 0.3 is 11.9 Å². The topological polar surface area (TPSA) is 292 Å². The smallest absolute Gasteiger partial charge is 0.335 e. The van der Waals surface area contributed by atoms with Crippen molar-refractivity contribution in [2.75, 3.05) is 6.61 Å². The molecule has 3 aliphatic heterocycles. The Morgan fingerprint density at radius 3 is 1.97 bits per heavy atom. The average Bonchev–Trinajstić information content (AvgIpc) is 3.25. The van der Waals surface area contributed by atoms with Gasteiger partial charge in [-0.15, -0.1) is 0 Å². The van der Waals surface area contributed by atoms with Crippen LogP contribution in [0.3, 0.4) is 0 Å². The number of hydrogen-bond acceptors (Lipinski definition) is 17. The first-order valence-corrected chi connectivity index (χ1v) is 24.2. The van der Waals surface area contributed by atoms with E-state index in [0.717, 1.165) is 44.9 Å². The van der Waals surface area contributed by atoms with E-state index in [4.69, 9.17) is 28.4 Å². The van der Waals surface area contributed by atoms with Crippen LogP contribution in [0.4, 0.5) is 0 Å². The van der Waals surface area contributed by atoms with Crippen molar-refractivity contribution < 1.29 is 89.1 Å². The maximum Gasteiger partial charge on any atom is 0.335 e. The number of allylic oxidation sites excluding steroid dienone is 2. The van der Waals surface area contributed by atoms with E-state index in [2.05, 4.69) is 54.5 Å². The van der Waals surface area contributed by atoms with Crippen LogP contribution in [0, 0.1) is 50.2 Å². The van der Waals surface area contributed by atoms with Gasteiger partial charge < -0.3 is 79.5 Å². The molecule has 5 aliphatic carbocycles. The van der Waals surface area contributed by atoms with Crippen LogP contribution in [0.5, 0.6) is 0 Å². The molecule has 66 heavy (non-hydrogen) atoms. The zero-order valence-corrected chi connectivity index (χ0v) is 39.6. The SMILES string of the molecule is C[C@H]1O[C@@H](O[C@H]2[C@H](O)[C@@H](O)[C@H](O[C@H]3CC[C@]4(C)[C@H]5CC=C6[C@@H]7CC(C)(C)CC[C@]7(C(=O)O[C@@H]7O[C@H](CO)[C@@H](O)[C@H](O)[C@H]7O)CC[C@@]6(C)[C@]5(C)CC[C@H]4C3(C)C)O[C@@H]2C(=O)O)[C@H](O)[C@H](O)[C@H]1O. The minimum atomic E-state index is -1.85. The van der Waals surface area contributed by atoms with Crippen molar-refractivity contribution in [3.63, 3.8) is 0 Å². The molecule has 0 amide bonds. The highest BCUT2D eigenvalue weighted by molar-refractivity contribution is 5.79. The summed E-state index contributed by atoms with van der Waals surface area (Å²) in [5.74, 6) is -1.78. The third-order valence-electron chi connectivity index (χ3n) is 19.2. The molecule has 8 rings (SSSR count). The van der Waals surface area contributed by atoms with Gasteiger partial charge in [0.2, 0.25) is 6.29 Å². The quantitative estimate of drug-likeness (QED) is 0.0931. The number of esters is 1. The Labute approximate surface area is 386 Å². The van der Waals surface area contributed by atoms with E-state index in [1.54, 1.807) is 0 Å². The highest BCUT2D eigenvalue weighted by Crippen LogP contribution is 2.76. The summed E-state index contributed by atoms with van der Waals surface area (Å²) in [6.45, 7) is 16.7. The number of aliphatic carboxylic acids is 1. The fourth-order valence-electron chi connectivity index (χ4n) is 15.0. The highest BCUT2D eigenvalue weighted by atomic mass is 16.7. The number of aliphatic hydroxyl groups excluding tert-OH is 9. The largest absolute Gasteiger partial charge is 0.479 e. The van der Waals surface area contributed by atoms with Crippen LogP contribution in [-0.2, 0) is 38.0 Å². The number of carboxylic acids is 1. The Morgan fingerprint density at radius 1 is 0.682 bits per heavy atom. The number of aliphatic hydroxyl groups is 9. The molecule has 10 N–H and O–H groups in total. The molecule has 3 heterocycles. The summed E-state index contributed by atoms with van der Waals surface area (Å²) in [4.78, 5) is 27.2. The zero-order chi connectivity index (χ0) is 48.4. The molecule has 0 aromatic carbocycles. The maximum atomic E-state index is 14.7. The first-order chi connectivity index (χ1) is 30.7. The predicted octanol–water partition coefficient (Wildman–Crippen LogP) is 1.26. The van der Waals surface area contributed by atoms with Crippen molar-refractivity contribution in [2.24, 2.45) is 50.2 Å². The predicted molar refractivity (Wildman–Crippen MR) is 229 cm³/mol. The first-order valence-electron chi connectivity index (χ1n) is 24.2. The van der Waals surface area contributed by atoms with E-state index in [0.29, 0.717) is 19.3 Å². The second-order valence-electron chi connectivity index (χ2n) is 23.5. The minimum Gasteiger partial charge on any atom is -0.479 e. The molecule has 0 aromatic heterocycles. The summed E-state index contributed by atoms with van der Waals surface area (Å²) in [7, 11) is 0. The van der Waals surface area contributed by atoms with E-state index >= 15 is 0 Å². The Kier molecular flexibility index (Phi) is 13.4. The molecule has 0 radical (unpaired) electrons. The number of carboxylic acid groups (broad SMARTS) is 1. The summed E-state index contributed by atoms with van der Waals surface area (Å²) in [5, 5.41) is 105. The third kappa shape index (κ3) is 7.74. The van der Waals surface area contributed by atoms with Gasteiger partial charge in [-0.05, 0) is 116 Å². The molecule has 18 heteroatoms. The lowest BCUT2D eigenvalue weighted by Gasteiger charge is -2.71. The van der Waals surface area contributed by atoms with E-state index in [1.165, 1.54) is 12.5 Å². The fourth-order valence-corrected chi connectivity index (χ4v) is 15.0. The third-order valence-corrected chi connectivity index (χ3v) is 19.2. The Hall–Kier alpha value is -1.88. The number of rotatable bonds is 8. The molecule has 0 spiro atoms. The van der Waals surface area contributed by atoms with Crippen LogP contribution in [0.25, 0.3) is 0 Å². The van der Waals surface area contributed by atoms with Gasteiger partial charge in [-0.25, -0.2) is 4.79 Å². The van der Waals surface area contributed by atoms with Crippen molar-refractivity contribution in [3.05, 3.63) is 11.6 Å². The molecule has 3 saturated heterocycles. The zero-order valence-electron chi connectivity index (χ0n) is 39.6. The lowest BCUT2D eigenvalue weighted by Crippen LogP contribution is -2.67. The molecule has 0 unspecified atom stereocenters. The molecule has 4 saturated carbocycles. The highest BCUT2D eigenvalue weighted by Gasteiger charge is 2.70. The summed E-state index contributed by atoms with van der Waals surface area (Å²) < 4.78 is 35.2. The Bertz CT molecular complexity index is 1860. The van der Waals surface area contributed by atoms with Gasteiger partial charge in [0.05, 0.1) is 24.2 Å². The van der Waals surface area contributed by atoms with Crippen molar-refractivity contribution in [2.45, 2.75) is 218 Å². The number of carbonyl (C=O) groups is 2. The summed E-state index contributed by atoms with van der Waals surface area (Å²) in [5.41, 5.74) is -0.814. The maximum absolute atomic E-state index is 14.7. The van der Waals surface area contributed by atoms with Gasteiger partial charge in [-0.2, -0.15) is 0 Å². The molecule has 8 aliphatic rings. The number of fused-ring (bicyclic) bond motifs is 7. The van der Waals surface area contributed by atoms with Crippen LogP contribution in [0.15, 0.2) is 11.6 Å². The number of ether oxygens (including phenoxy) is 6. The molecular formula is C48H76O18. The van der Waals surface area contributed by atoms with Gasteiger partial charge in [-0.3, -0.25) is 4.79 Å². The van der Waals surface area contributed by atoms with Crippen LogP contribution in [0.2, 0.25) is 0 Å². The Balaban J connectivity index is 1.01. The second-order valence-corrected chi connectivity index (χ2v) is 23.5. The second kappa shape index (κ2) is 17.5. The first kappa shape index (κ1) is 50.5. The van der Waals surface area contributed by atoms with E-state index in [1.807, 2.05) is 0 Å². The number of carbonyl (C=O) groups excluding carboxylic acids is 1. The monoisotopic (exact) mass is 941 g/mol. The van der Waals surface area contributed by atoms with E-state index in [9.17, 15) is 60.7 Å². The minimum absolute atomic E-state index is 0.0659. The Morgan fingerprint density at radius 2 is 1.30 bits per heavy atom. The van der Waals surface area contributed by atoms with Crippen LogP contribution in [-0.4, -0.2) is 168 Å². The standard InChI is InChI=1S/C48H76O18/c1-21-28(50)30(52)33(55)39(61-21)64-36-32(54)35(57)41(65-37(36)38(58)59)63-27-12-13-45(6)25(44(27,4)5)11-14-47(8)26(45)10-9-22-23-19-43(2,3)15-17-48(23,18-16-46(22,47)7)42(60)66-40-34(56)31(53)29(51)24(20-49)62-40/h9,21,23-37,39-41,49-57H,10-20H2,1-8H3,(H,58,59)/t21-,23+,24-,25+,26-,27+,28+,29-,30-,31+,32-,33-,34-,35-,36+,37+,39+,40+,41-,45+,46-,47-,48+/m1/s1. The lowest BCUT2D eigenvalue weighted by atomic mass is 9.33. The summed E-state index contributed by atoms with van der Waals surface area (Å²) in [6, 6.07) is 0. The lowest BCUT2D eigenvalue weighted by molar-refractivity contribution is -0.361. The van der Waals surface area contributed by atoms with Gasteiger partial charge in [0.15, 0.2) is 18.7 Å². The van der Waals surface area contributed by atoms with Crippen molar-refractivity contribution in [1.82, 2.24) is 0 Å². The molecule has 7 fully saturated rings. The molecule has 376 valence electrons. The molecular weight excluding hydrogens is 865 g/mol. The fraction of sp³-hybridized carbons (Fsp3) is 0.917. The van der Waals surface area contributed by atoms with Crippen LogP contribution < -0.4 is 0 Å². The van der Waals surface area contributed by atoms with Gasteiger partial charge in [0.25, 0.3) is 0 Å². The van der Waals surface area contributed by atoms with Gasteiger partial charge in [0, 0.05) is 0 Å². The number of hydrogen-bond donors (Lipinski definition) is 10. The molecule has 23 atom stereocenters. The van der Waals surface area contributed by atoms with Gasteiger partial charge in [0.1, 0.15) is 61.0 Å². The van der Waals surface area contributed by atoms with Gasteiger partial charge in [-0.1, -0.05) is 60.1 Å². The van der Waals surface area contributed by atoms with Crippen molar-refractivity contribution in [1.29, 1.82) is 0 Å². The molecule has 0 aromatic rings. The summed E-state index contributed by atoms with van der Waals surface area (Å²) in [6.07, 6.45) is -14.8.